The molecule has 142 valence electrons. The van der Waals surface area contributed by atoms with Crippen LogP contribution in [0.1, 0.15) is 22.7 Å². The molecule has 0 radical (unpaired) electrons. The number of piperazine rings is 1. The van der Waals surface area contributed by atoms with Crippen molar-refractivity contribution >= 4 is 17.8 Å². The van der Waals surface area contributed by atoms with Gasteiger partial charge in [0, 0.05) is 16.1 Å². The van der Waals surface area contributed by atoms with Gasteiger partial charge in [0.25, 0.3) is 0 Å². The third-order valence-corrected chi connectivity index (χ3v) is 5.55. The number of benzene rings is 3. The Hall–Kier alpha value is -2.62. The molecule has 4 heteroatoms. The molecule has 0 spiro atoms. The van der Waals surface area contributed by atoms with Gasteiger partial charge in [0.2, 0.25) is 0 Å². The third kappa shape index (κ3) is 4.61. The first-order valence-electron chi connectivity index (χ1n) is 9.78. The van der Waals surface area contributed by atoms with Crippen molar-refractivity contribution in [2.45, 2.75) is 6.04 Å². The molecule has 28 heavy (non-hydrogen) atoms. The Bertz CT molecular complexity index is 847. The van der Waals surface area contributed by atoms with E-state index in [4.69, 9.17) is 11.6 Å². The van der Waals surface area contributed by atoms with Gasteiger partial charge >= 0.3 is 0 Å². The van der Waals surface area contributed by atoms with Gasteiger partial charge in [-0.1, -0.05) is 84.4 Å². The maximum absolute atomic E-state index is 5.95. The van der Waals surface area contributed by atoms with Gasteiger partial charge in [0.15, 0.2) is 0 Å². The third-order valence-electron chi connectivity index (χ3n) is 5.30. The Labute approximate surface area is 171 Å². The molecule has 0 bridgehead atoms. The van der Waals surface area contributed by atoms with Gasteiger partial charge in [0.1, 0.15) is 6.04 Å². The molecule has 1 saturated heterocycles. The second kappa shape index (κ2) is 9.05. The number of halogens is 1. The van der Waals surface area contributed by atoms with Crippen LogP contribution in [0.25, 0.3) is 0 Å². The number of nitrogens with one attached hydrogen (secondary N) is 1. The molecule has 1 fully saturated rings. The molecule has 0 aromatic heterocycles. The Morgan fingerprint density at radius 2 is 1.32 bits per heavy atom. The molecule has 4 rings (SSSR count). The highest BCUT2D eigenvalue weighted by molar-refractivity contribution is 6.30. The van der Waals surface area contributed by atoms with Crippen LogP contribution in [0, 0.1) is 0 Å². The fourth-order valence-corrected chi connectivity index (χ4v) is 3.96. The summed E-state index contributed by atoms with van der Waals surface area (Å²) in [7, 11) is 0. The Morgan fingerprint density at radius 3 is 1.86 bits per heavy atom. The first kappa shape index (κ1) is 18.7. The van der Waals surface area contributed by atoms with E-state index in [1.807, 2.05) is 30.5 Å². The van der Waals surface area contributed by atoms with E-state index >= 15 is 0 Å². The average Bonchev–Trinajstić information content (AvgIpc) is 2.76. The zero-order valence-electron chi connectivity index (χ0n) is 15.8. The zero-order valence-corrected chi connectivity index (χ0v) is 16.6. The van der Waals surface area contributed by atoms with Crippen LogP contribution in [-0.4, -0.2) is 37.4 Å². The molecule has 1 aliphatic heterocycles. The summed E-state index contributed by atoms with van der Waals surface area (Å²) in [6.07, 6.45) is 1.92. The number of hydrogen-bond acceptors (Lipinski definition) is 2. The Morgan fingerprint density at radius 1 is 0.786 bits per heavy atom. The second-order valence-electron chi connectivity index (χ2n) is 7.16. The van der Waals surface area contributed by atoms with Gasteiger partial charge in [-0.2, -0.15) is 5.10 Å². The monoisotopic (exact) mass is 390 g/mol. The van der Waals surface area contributed by atoms with Crippen molar-refractivity contribution in [3.8, 4) is 0 Å². The molecule has 3 nitrogen and oxygen atoms in total. The average molecular weight is 391 g/mol. The fraction of sp³-hybridized carbons (Fsp3) is 0.208. The molecule has 0 saturated carbocycles. The van der Waals surface area contributed by atoms with Crippen molar-refractivity contribution in [3.05, 3.63) is 107 Å². The molecular formula is C24H25ClN3+. The zero-order chi connectivity index (χ0) is 19.2. The number of hydrogen-bond donors (Lipinski definition) is 1. The molecule has 3 aromatic carbocycles. The van der Waals surface area contributed by atoms with Gasteiger partial charge in [-0.25, -0.2) is 0 Å². The minimum atomic E-state index is 0.366. The van der Waals surface area contributed by atoms with E-state index in [9.17, 15) is 0 Å². The van der Waals surface area contributed by atoms with Crippen molar-refractivity contribution in [1.82, 2.24) is 5.01 Å². The summed E-state index contributed by atoms with van der Waals surface area (Å²) in [5, 5.41) is 7.60. The lowest BCUT2D eigenvalue weighted by Crippen LogP contribution is -3.15. The summed E-state index contributed by atoms with van der Waals surface area (Å²) >= 11 is 5.95. The minimum absolute atomic E-state index is 0.366. The van der Waals surface area contributed by atoms with Gasteiger partial charge < -0.3 is 4.90 Å². The van der Waals surface area contributed by atoms with E-state index in [-0.39, 0.29) is 0 Å². The summed E-state index contributed by atoms with van der Waals surface area (Å²) in [6, 6.07) is 29.9. The molecule has 0 aliphatic carbocycles. The predicted molar refractivity (Wildman–Crippen MR) is 116 cm³/mol. The fourth-order valence-electron chi connectivity index (χ4n) is 3.84. The highest BCUT2D eigenvalue weighted by Crippen LogP contribution is 2.19. The normalized spacial score (nSPS) is 15.4. The van der Waals surface area contributed by atoms with Crippen molar-refractivity contribution in [1.29, 1.82) is 0 Å². The van der Waals surface area contributed by atoms with E-state index in [2.05, 4.69) is 70.8 Å². The van der Waals surface area contributed by atoms with Crippen molar-refractivity contribution in [3.63, 3.8) is 0 Å². The van der Waals surface area contributed by atoms with E-state index in [1.165, 1.54) is 11.1 Å². The van der Waals surface area contributed by atoms with Crippen molar-refractivity contribution in [2.24, 2.45) is 5.10 Å². The molecule has 0 amide bonds. The molecule has 1 aliphatic rings. The SMILES string of the molecule is Clc1ccc(/C=N\N2CC[NH+](C(c3ccccc3)c3ccccc3)CC2)cc1. The lowest BCUT2D eigenvalue weighted by atomic mass is 9.96. The van der Waals surface area contributed by atoms with Crippen LogP contribution in [0.15, 0.2) is 90.0 Å². The number of rotatable bonds is 5. The first-order valence-corrected chi connectivity index (χ1v) is 10.2. The van der Waals surface area contributed by atoms with Crippen LogP contribution >= 0.6 is 11.6 Å². The smallest absolute Gasteiger partial charge is 0.139 e. The first-order chi connectivity index (χ1) is 13.8. The van der Waals surface area contributed by atoms with Gasteiger partial charge in [0.05, 0.1) is 32.4 Å². The van der Waals surface area contributed by atoms with Crippen LogP contribution in [-0.2, 0) is 0 Å². The van der Waals surface area contributed by atoms with Crippen molar-refractivity contribution < 1.29 is 4.90 Å². The lowest BCUT2D eigenvalue weighted by molar-refractivity contribution is -0.929. The van der Waals surface area contributed by atoms with Crippen LogP contribution in [0.5, 0.6) is 0 Å². The number of nitrogens with zero attached hydrogens (tertiary/aromatic N) is 2. The van der Waals surface area contributed by atoms with E-state index in [1.54, 1.807) is 4.90 Å². The van der Waals surface area contributed by atoms with E-state index < -0.39 is 0 Å². The maximum Gasteiger partial charge on any atom is 0.139 e. The van der Waals surface area contributed by atoms with Crippen LogP contribution in [0.2, 0.25) is 5.02 Å². The summed E-state index contributed by atoms with van der Waals surface area (Å²) in [5.41, 5.74) is 3.83. The quantitative estimate of drug-likeness (QED) is 0.659. The van der Waals surface area contributed by atoms with Crippen LogP contribution in [0.3, 0.4) is 0 Å². The highest BCUT2D eigenvalue weighted by Gasteiger charge is 2.29. The minimum Gasteiger partial charge on any atom is -0.322 e. The Kier molecular flexibility index (Phi) is 6.05. The van der Waals surface area contributed by atoms with Crippen LogP contribution < -0.4 is 4.90 Å². The topological polar surface area (TPSA) is 20.0 Å². The predicted octanol–water partition coefficient (Wildman–Crippen LogP) is 3.66. The summed E-state index contributed by atoms with van der Waals surface area (Å²) in [4.78, 5) is 1.59. The van der Waals surface area contributed by atoms with Gasteiger partial charge in [-0.05, 0) is 17.7 Å². The second-order valence-corrected chi connectivity index (χ2v) is 7.60. The standard InChI is InChI=1S/C24H24ClN3/c25-23-13-11-20(12-14-23)19-26-28-17-15-27(16-18-28)24(21-7-3-1-4-8-21)22-9-5-2-6-10-22/h1-14,19,24H,15-18H2/p+1/b26-19-. The summed E-state index contributed by atoms with van der Waals surface area (Å²) < 4.78 is 0. The van der Waals surface area contributed by atoms with E-state index in [0.29, 0.717) is 6.04 Å². The molecule has 1 N–H and O–H groups in total. The van der Waals surface area contributed by atoms with E-state index in [0.717, 1.165) is 36.8 Å². The molecule has 0 atom stereocenters. The molecule has 0 unspecified atom stereocenters. The molecule has 1 heterocycles. The maximum atomic E-state index is 5.95. The largest absolute Gasteiger partial charge is 0.322 e. The molecule has 3 aromatic rings. The summed E-state index contributed by atoms with van der Waals surface area (Å²) in [6.45, 7) is 4.03. The summed E-state index contributed by atoms with van der Waals surface area (Å²) in [5.74, 6) is 0. The number of hydrazone groups is 1. The highest BCUT2D eigenvalue weighted by atomic mass is 35.5. The van der Waals surface area contributed by atoms with Gasteiger partial charge in [-0.15, -0.1) is 0 Å². The van der Waals surface area contributed by atoms with Crippen LogP contribution in [0.4, 0.5) is 0 Å². The lowest BCUT2D eigenvalue weighted by Gasteiger charge is -2.35. The van der Waals surface area contributed by atoms with Crippen molar-refractivity contribution in [2.75, 3.05) is 26.2 Å². The number of quaternary nitrogens is 1. The van der Waals surface area contributed by atoms with Gasteiger partial charge in [-0.3, -0.25) is 5.01 Å². The Balaban J connectivity index is 1.45. The molecular weight excluding hydrogens is 366 g/mol.